The van der Waals surface area contributed by atoms with Crippen molar-refractivity contribution in [1.82, 2.24) is 25.0 Å². The Kier molecular flexibility index (Phi) is 8.37. The number of carboxylic acids is 1. The van der Waals surface area contributed by atoms with Gasteiger partial charge in [0.25, 0.3) is 0 Å². The van der Waals surface area contributed by atoms with Crippen LogP contribution in [0, 0.1) is 5.92 Å². The molecule has 1 fully saturated rings. The number of anilines is 1. The van der Waals surface area contributed by atoms with Gasteiger partial charge in [-0.15, -0.1) is 5.10 Å². The largest absolute Gasteiger partial charge is 0.497 e. The molecule has 0 aliphatic heterocycles. The molecule has 12 heteroatoms. The Balaban J connectivity index is 1.57. The van der Waals surface area contributed by atoms with Crippen molar-refractivity contribution in [3.05, 3.63) is 53.9 Å². The monoisotopic (exact) mass is 562 g/mol. The molecule has 1 aliphatic rings. The minimum atomic E-state index is -0.775. The zero-order valence-electron chi connectivity index (χ0n) is 23.6. The Morgan fingerprint density at radius 3 is 2.12 bits per heavy atom. The van der Waals surface area contributed by atoms with Crippen molar-refractivity contribution < 1.29 is 28.8 Å². The van der Waals surface area contributed by atoms with Crippen LogP contribution in [0.1, 0.15) is 42.9 Å². The van der Waals surface area contributed by atoms with Crippen LogP contribution >= 0.6 is 0 Å². The minimum Gasteiger partial charge on any atom is -0.497 e. The molecule has 1 N–H and O–H groups in total. The third-order valence-electron chi connectivity index (χ3n) is 7.59. The predicted molar refractivity (Wildman–Crippen MR) is 151 cm³/mol. The topological polar surface area (TPSA) is 134 Å². The summed E-state index contributed by atoms with van der Waals surface area (Å²) in [5.41, 5.74) is 2.93. The molecule has 5 rings (SSSR count). The molecule has 2 unspecified atom stereocenters. The standard InChI is InChI=1S/C29H34N6O6/c1-38-22-10-8-19(24(13-22)40-3)15-34(16-20-9-11-23(39-2)14-25(20)41-4)27-26-28(31-17-30-27)35(33-32-26)21-7-5-6-18(12-21)29(36)37/h8-11,13-14,17-18,21H,5-7,12,15-16H2,1-4H3,(H,36,37). The van der Waals surface area contributed by atoms with Crippen molar-refractivity contribution in [2.24, 2.45) is 5.92 Å². The van der Waals surface area contributed by atoms with Crippen LogP contribution in [0.3, 0.4) is 0 Å². The number of carboxylic acid groups (broad SMARTS) is 1. The zero-order valence-corrected chi connectivity index (χ0v) is 23.6. The van der Waals surface area contributed by atoms with Crippen molar-refractivity contribution in [2.75, 3.05) is 33.3 Å². The summed E-state index contributed by atoms with van der Waals surface area (Å²) in [6.45, 7) is 0.845. The van der Waals surface area contributed by atoms with Crippen LogP contribution in [-0.2, 0) is 17.9 Å². The Morgan fingerprint density at radius 2 is 1.56 bits per heavy atom. The first-order valence-corrected chi connectivity index (χ1v) is 13.4. The van der Waals surface area contributed by atoms with Gasteiger partial charge in [0.2, 0.25) is 0 Å². The number of nitrogens with zero attached hydrogens (tertiary/aromatic N) is 6. The fourth-order valence-electron chi connectivity index (χ4n) is 5.42. The maximum absolute atomic E-state index is 11.7. The summed E-state index contributed by atoms with van der Waals surface area (Å²) in [5.74, 6) is 2.13. The fraction of sp³-hybridized carbons (Fsp3) is 0.414. The van der Waals surface area contributed by atoms with Gasteiger partial charge in [-0.25, -0.2) is 14.6 Å². The van der Waals surface area contributed by atoms with Gasteiger partial charge in [0.05, 0.1) is 40.4 Å². The normalized spacial score (nSPS) is 16.8. The van der Waals surface area contributed by atoms with E-state index in [2.05, 4.69) is 25.2 Å². The SMILES string of the molecule is COc1ccc(CN(Cc2ccc(OC)cc2OC)c2ncnc3c2nnn3C2CCCC(C(=O)O)C2)c(OC)c1. The number of hydrogen-bond donors (Lipinski definition) is 1. The molecule has 0 saturated heterocycles. The number of hydrogen-bond acceptors (Lipinski definition) is 10. The molecule has 2 atom stereocenters. The molecule has 216 valence electrons. The van der Waals surface area contributed by atoms with E-state index in [0.717, 1.165) is 24.0 Å². The fourth-order valence-corrected chi connectivity index (χ4v) is 5.42. The molecule has 41 heavy (non-hydrogen) atoms. The molecule has 0 bridgehead atoms. The van der Waals surface area contributed by atoms with Gasteiger partial charge in [0.1, 0.15) is 29.3 Å². The van der Waals surface area contributed by atoms with E-state index in [-0.39, 0.29) is 6.04 Å². The molecule has 1 saturated carbocycles. The lowest BCUT2D eigenvalue weighted by Gasteiger charge is -2.27. The second kappa shape index (κ2) is 12.3. The van der Waals surface area contributed by atoms with Gasteiger partial charge < -0.3 is 29.0 Å². The number of benzene rings is 2. The number of carbonyl (C=O) groups is 1. The summed E-state index contributed by atoms with van der Waals surface area (Å²) in [5, 5.41) is 18.6. The van der Waals surface area contributed by atoms with Crippen LogP contribution in [0.4, 0.5) is 5.82 Å². The van der Waals surface area contributed by atoms with Gasteiger partial charge in [0.15, 0.2) is 17.0 Å². The molecule has 2 aromatic carbocycles. The van der Waals surface area contributed by atoms with Crippen molar-refractivity contribution in [2.45, 2.75) is 44.8 Å². The molecule has 4 aromatic rings. The Labute approximate surface area is 237 Å². The van der Waals surface area contributed by atoms with E-state index < -0.39 is 11.9 Å². The highest BCUT2D eigenvalue weighted by Gasteiger charge is 2.31. The lowest BCUT2D eigenvalue weighted by atomic mass is 9.86. The lowest BCUT2D eigenvalue weighted by Crippen LogP contribution is -2.26. The summed E-state index contributed by atoms with van der Waals surface area (Å²) in [4.78, 5) is 22.9. The molecule has 0 amide bonds. The van der Waals surface area contributed by atoms with Crippen molar-refractivity contribution in [3.8, 4) is 23.0 Å². The Morgan fingerprint density at radius 1 is 0.927 bits per heavy atom. The summed E-state index contributed by atoms with van der Waals surface area (Å²) in [6.07, 6.45) is 4.28. The second-order valence-corrected chi connectivity index (χ2v) is 9.97. The molecular weight excluding hydrogens is 528 g/mol. The van der Waals surface area contributed by atoms with Crippen LogP contribution in [-0.4, -0.2) is 64.5 Å². The molecule has 1 aliphatic carbocycles. The van der Waals surface area contributed by atoms with E-state index in [0.29, 0.717) is 65.9 Å². The summed E-state index contributed by atoms with van der Waals surface area (Å²) >= 11 is 0. The van der Waals surface area contributed by atoms with Crippen LogP contribution in [0.15, 0.2) is 42.7 Å². The molecule has 2 heterocycles. The van der Waals surface area contributed by atoms with Gasteiger partial charge in [-0.05, 0) is 43.5 Å². The maximum Gasteiger partial charge on any atom is 0.306 e. The van der Waals surface area contributed by atoms with Gasteiger partial charge in [-0.3, -0.25) is 4.79 Å². The van der Waals surface area contributed by atoms with Crippen LogP contribution < -0.4 is 23.8 Å². The molecular formula is C29H34N6O6. The second-order valence-electron chi connectivity index (χ2n) is 9.97. The molecule has 0 spiro atoms. The highest BCUT2D eigenvalue weighted by atomic mass is 16.5. The summed E-state index contributed by atoms with van der Waals surface area (Å²) in [6, 6.07) is 11.3. The number of aromatic nitrogens is 5. The number of ether oxygens (including phenoxy) is 4. The zero-order chi connectivity index (χ0) is 28.9. The van der Waals surface area contributed by atoms with Gasteiger partial charge >= 0.3 is 5.97 Å². The quantitative estimate of drug-likeness (QED) is 0.281. The van der Waals surface area contributed by atoms with E-state index in [1.165, 1.54) is 6.33 Å². The number of fused-ring (bicyclic) bond motifs is 1. The number of methoxy groups -OCH3 is 4. The molecule has 0 radical (unpaired) electrons. The average Bonchev–Trinajstić information content (AvgIpc) is 3.45. The van der Waals surface area contributed by atoms with Crippen LogP contribution in [0.5, 0.6) is 23.0 Å². The van der Waals surface area contributed by atoms with E-state index in [1.54, 1.807) is 33.1 Å². The first kappa shape index (κ1) is 27.9. The van der Waals surface area contributed by atoms with E-state index in [1.807, 2.05) is 36.4 Å². The lowest BCUT2D eigenvalue weighted by molar-refractivity contribution is -0.143. The van der Waals surface area contributed by atoms with Gasteiger partial charge in [0, 0.05) is 36.3 Å². The minimum absolute atomic E-state index is 0.102. The average molecular weight is 563 g/mol. The summed E-state index contributed by atoms with van der Waals surface area (Å²) < 4.78 is 23.9. The van der Waals surface area contributed by atoms with Crippen molar-refractivity contribution in [3.63, 3.8) is 0 Å². The van der Waals surface area contributed by atoms with E-state index in [9.17, 15) is 9.90 Å². The molecule has 12 nitrogen and oxygen atoms in total. The van der Waals surface area contributed by atoms with Crippen molar-refractivity contribution >= 4 is 23.0 Å². The van der Waals surface area contributed by atoms with Gasteiger partial charge in [-0.1, -0.05) is 11.6 Å². The Bertz CT molecular complexity index is 1470. The summed E-state index contributed by atoms with van der Waals surface area (Å²) in [7, 11) is 6.47. The van der Waals surface area contributed by atoms with Gasteiger partial charge in [-0.2, -0.15) is 0 Å². The molecule has 2 aromatic heterocycles. The van der Waals surface area contributed by atoms with Crippen molar-refractivity contribution in [1.29, 1.82) is 0 Å². The first-order valence-electron chi connectivity index (χ1n) is 13.4. The van der Waals surface area contributed by atoms with Crippen LogP contribution in [0.2, 0.25) is 0 Å². The maximum atomic E-state index is 11.7. The smallest absolute Gasteiger partial charge is 0.306 e. The van der Waals surface area contributed by atoms with Crippen LogP contribution in [0.25, 0.3) is 11.2 Å². The Hall–Kier alpha value is -4.61. The number of rotatable bonds is 11. The highest BCUT2D eigenvalue weighted by molar-refractivity contribution is 5.82. The highest BCUT2D eigenvalue weighted by Crippen LogP contribution is 2.36. The third-order valence-corrected chi connectivity index (χ3v) is 7.59. The first-order chi connectivity index (χ1) is 19.9. The van der Waals surface area contributed by atoms with E-state index in [4.69, 9.17) is 18.9 Å². The third kappa shape index (κ3) is 5.81. The number of aliphatic carboxylic acids is 1. The predicted octanol–water partition coefficient (Wildman–Crippen LogP) is 4.28. The van der Waals surface area contributed by atoms with E-state index >= 15 is 0 Å².